The van der Waals surface area contributed by atoms with Crippen molar-refractivity contribution >= 4 is 5.91 Å². The van der Waals surface area contributed by atoms with Crippen molar-refractivity contribution in [2.45, 2.75) is 38.8 Å². The summed E-state index contributed by atoms with van der Waals surface area (Å²) in [6.45, 7) is 7.44. The van der Waals surface area contributed by atoms with Gasteiger partial charge in [0.25, 0.3) is 5.91 Å². The molecule has 4 nitrogen and oxygen atoms in total. The topological polar surface area (TPSA) is 41.6 Å². The highest BCUT2D eigenvalue weighted by Gasteiger charge is 2.33. The van der Waals surface area contributed by atoms with Crippen molar-refractivity contribution in [3.05, 3.63) is 0 Å². The highest BCUT2D eigenvalue weighted by Crippen LogP contribution is 2.23. The summed E-state index contributed by atoms with van der Waals surface area (Å²) in [5, 5.41) is 3.21. The van der Waals surface area contributed by atoms with Gasteiger partial charge in [-0.05, 0) is 25.7 Å². The summed E-state index contributed by atoms with van der Waals surface area (Å²) in [5.74, 6) is 0.778. The maximum atomic E-state index is 12.3. The summed E-state index contributed by atoms with van der Waals surface area (Å²) in [5.41, 5.74) is 0. The first-order valence-corrected chi connectivity index (χ1v) is 6.33. The van der Waals surface area contributed by atoms with E-state index in [1.54, 1.807) is 0 Å². The van der Waals surface area contributed by atoms with E-state index in [9.17, 15) is 4.79 Å². The molecule has 0 aromatic carbocycles. The molecule has 2 aliphatic rings. The van der Waals surface area contributed by atoms with Crippen LogP contribution in [-0.2, 0) is 9.53 Å². The Morgan fingerprint density at radius 1 is 1.44 bits per heavy atom. The van der Waals surface area contributed by atoms with Crippen molar-refractivity contribution in [3.63, 3.8) is 0 Å². The molecule has 0 aromatic rings. The minimum atomic E-state index is -0.263. The van der Waals surface area contributed by atoms with Crippen molar-refractivity contribution in [2.24, 2.45) is 5.92 Å². The van der Waals surface area contributed by atoms with Gasteiger partial charge in [-0.2, -0.15) is 0 Å². The summed E-state index contributed by atoms with van der Waals surface area (Å²) in [6, 6.07) is 0.353. The molecule has 2 aliphatic heterocycles. The Morgan fingerprint density at radius 3 is 2.94 bits per heavy atom. The maximum absolute atomic E-state index is 12.3. The number of nitrogens with one attached hydrogen (secondary N) is 1. The van der Waals surface area contributed by atoms with Crippen molar-refractivity contribution < 1.29 is 9.53 Å². The Morgan fingerprint density at radius 2 is 2.25 bits per heavy atom. The van der Waals surface area contributed by atoms with E-state index in [4.69, 9.17) is 4.74 Å². The Balaban J connectivity index is 1.96. The summed E-state index contributed by atoms with van der Waals surface area (Å²) >= 11 is 0. The van der Waals surface area contributed by atoms with Gasteiger partial charge in [0, 0.05) is 25.7 Å². The van der Waals surface area contributed by atoms with Crippen molar-refractivity contribution in [3.8, 4) is 0 Å². The lowest BCUT2D eigenvalue weighted by atomic mass is 9.91. The number of morpholine rings is 1. The largest absolute Gasteiger partial charge is 0.366 e. The Hall–Kier alpha value is -0.610. The number of carbonyl (C=O) groups excluding carboxylic acids is 1. The average molecular weight is 226 g/mol. The van der Waals surface area contributed by atoms with Crippen LogP contribution in [0.15, 0.2) is 0 Å². The van der Waals surface area contributed by atoms with Crippen LogP contribution in [0, 0.1) is 5.92 Å². The fourth-order valence-electron chi connectivity index (χ4n) is 2.56. The zero-order chi connectivity index (χ0) is 11.5. The van der Waals surface area contributed by atoms with E-state index in [2.05, 4.69) is 19.2 Å². The van der Waals surface area contributed by atoms with E-state index < -0.39 is 0 Å². The molecule has 4 heteroatoms. The maximum Gasteiger partial charge on any atom is 0.253 e. The predicted molar refractivity (Wildman–Crippen MR) is 62.2 cm³/mol. The number of hydrogen-bond donors (Lipinski definition) is 1. The Labute approximate surface area is 97.3 Å². The smallest absolute Gasteiger partial charge is 0.253 e. The first-order chi connectivity index (χ1) is 7.70. The van der Waals surface area contributed by atoms with Crippen LogP contribution in [0.3, 0.4) is 0 Å². The number of rotatable bonds is 1. The molecule has 2 rings (SSSR count). The minimum Gasteiger partial charge on any atom is -0.366 e. The molecule has 1 N–H and O–H groups in total. The SMILES string of the molecule is CC1CCCN(C(=O)C2CNCCO2)C1C. The van der Waals surface area contributed by atoms with E-state index in [1.165, 1.54) is 6.42 Å². The fraction of sp³-hybridized carbons (Fsp3) is 0.917. The molecular formula is C12H22N2O2. The number of hydrogen-bond acceptors (Lipinski definition) is 3. The number of piperidine rings is 1. The summed E-state index contributed by atoms with van der Waals surface area (Å²) in [4.78, 5) is 14.3. The number of ether oxygens (including phenoxy) is 1. The van der Waals surface area contributed by atoms with Crippen LogP contribution in [0.25, 0.3) is 0 Å². The predicted octanol–water partition coefficient (Wildman–Crippen LogP) is 0.622. The van der Waals surface area contributed by atoms with Crippen LogP contribution in [0.5, 0.6) is 0 Å². The lowest BCUT2D eigenvalue weighted by Crippen LogP contribution is -2.54. The van der Waals surface area contributed by atoms with Crippen LogP contribution in [0.2, 0.25) is 0 Å². The van der Waals surface area contributed by atoms with Crippen LogP contribution >= 0.6 is 0 Å². The van der Waals surface area contributed by atoms with E-state index in [-0.39, 0.29) is 12.0 Å². The number of carbonyl (C=O) groups is 1. The molecule has 2 heterocycles. The molecule has 0 spiro atoms. The van der Waals surface area contributed by atoms with E-state index >= 15 is 0 Å². The highest BCUT2D eigenvalue weighted by atomic mass is 16.5. The summed E-state index contributed by atoms with van der Waals surface area (Å²) < 4.78 is 5.52. The Kier molecular flexibility index (Phi) is 3.82. The highest BCUT2D eigenvalue weighted by molar-refractivity contribution is 5.81. The monoisotopic (exact) mass is 226 g/mol. The standard InChI is InChI=1S/C12H22N2O2/c1-9-4-3-6-14(10(9)2)12(15)11-8-13-5-7-16-11/h9-11,13H,3-8H2,1-2H3. The third-order valence-corrected chi connectivity index (χ3v) is 3.86. The molecule has 1 amide bonds. The second kappa shape index (κ2) is 5.15. The van der Waals surface area contributed by atoms with E-state index in [0.29, 0.717) is 25.1 Å². The van der Waals surface area contributed by atoms with Gasteiger partial charge in [-0.3, -0.25) is 4.79 Å². The third-order valence-electron chi connectivity index (χ3n) is 3.86. The molecule has 92 valence electrons. The molecule has 0 saturated carbocycles. The molecule has 3 atom stereocenters. The zero-order valence-electron chi connectivity index (χ0n) is 10.2. The molecule has 16 heavy (non-hydrogen) atoms. The molecule has 0 aliphatic carbocycles. The molecule has 2 fully saturated rings. The third kappa shape index (κ3) is 2.38. The number of likely N-dealkylation sites (tertiary alicyclic amines) is 1. The van der Waals surface area contributed by atoms with Gasteiger partial charge in [0.1, 0.15) is 6.10 Å². The second-order valence-corrected chi connectivity index (χ2v) is 4.96. The number of amides is 1. The number of nitrogens with zero attached hydrogens (tertiary/aromatic N) is 1. The van der Waals surface area contributed by atoms with Crippen molar-refractivity contribution in [1.82, 2.24) is 10.2 Å². The van der Waals surface area contributed by atoms with E-state index in [0.717, 1.165) is 19.5 Å². The van der Waals surface area contributed by atoms with Crippen LogP contribution < -0.4 is 5.32 Å². The molecule has 0 radical (unpaired) electrons. The van der Waals surface area contributed by atoms with Crippen LogP contribution in [0.1, 0.15) is 26.7 Å². The van der Waals surface area contributed by atoms with E-state index in [1.807, 2.05) is 4.90 Å². The van der Waals surface area contributed by atoms with Gasteiger partial charge in [0.2, 0.25) is 0 Å². The zero-order valence-corrected chi connectivity index (χ0v) is 10.2. The fourth-order valence-corrected chi connectivity index (χ4v) is 2.56. The van der Waals surface area contributed by atoms with Gasteiger partial charge in [0.15, 0.2) is 0 Å². The molecular weight excluding hydrogens is 204 g/mol. The lowest BCUT2D eigenvalue weighted by Gasteiger charge is -2.40. The van der Waals surface area contributed by atoms with Gasteiger partial charge in [-0.1, -0.05) is 6.92 Å². The first-order valence-electron chi connectivity index (χ1n) is 6.33. The minimum absolute atomic E-state index is 0.172. The molecule has 0 bridgehead atoms. The first kappa shape index (κ1) is 11.9. The van der Waals surface area contributed by atoms with Gasteiger partial charge in [-0.15, -0.1) is 0 Å². The van der Waals surface area contributed by atoms with Gasteiger partial charge in [0.05, 0.1) is 6.61 Å². The van der Waals surface area contributed by atoms with Gasteiger partial charge >= 0.3 is 0 Å². The Bertz CT molecular complexity index is 251. The molecule has 2 saturated heterocycles. The summed E-state index contributed by atoms with van der Waals surface area (Å²) in [7, 11) is 0. The molecule has 3 unspecified atom stereocenters. The van der Waals surface area contributed by atoms with Gasteiger partial charge < -0.3 is 15.0 Å². The molecule has 0 aromatic heterocycles. The lowest BCUT2D eigenvalue weighted by molar-refractivity contribution is -0.149. The summed E-state index contributed by atoms with van der Waals surface area (Å²) in [6.07, 6.45) is 2.09. The second-order valence-electron chi connectivity index (χ2n) is 4.96. The van der Waals surface area contributed by atoms with Crippen molar-refractivity contribution in [2.75, 3.05) is 26.2 Å². The normalized spacial score (nSPS) is 36.1. The van der Waals surface area contributed by atoms with Crippen LogP contribution in [-0.4, -0.2) is 49.2 Å². The van der Waals surface area contributed by atoms with Crippen LogP contribution in [0.4, 0.5) is 0 Å². The van der Waals surface area contributed by atoms with Crippen molar-refractivity contribution in [1.29, 1.82) is 0 Å². The quantitative estimate of drug-likeness (QED) is 0.713. The average Bonchev–Trinajstić information content (AvgIpc) is 2.33. The van der Waals surface area contributed by atoms with Gasteiger partial charge in [-0.25, -0.2) is 0 Å².